The van der Waals surface area contributed by atoms with Gasteiger partial charge in [0.15, 0.2) is 0 Å². The molecule has 1 heterocycles. The highest BCUT2D eigenvalue weighted by atomic mass is 16.5. The van der Waals surface area contributed by atoms with E-state index in [9.17, 15) is 9.59 Å². The van der Waals surface area contributed by atoms with Gasteiger partial charge in [0.2, 0.25) is 0 Å². The lowest BCUT2D eigenvalue weighted by Crippen LogP contribution is -2.49. The third-order valence-corrected chi connectivity index (χ3v) is 5.34. The number of benzene rings is 1. The van der Waals surface area contributed by atoms with Gasteiger partial charge >= 0.3 is 6.03 Å². The van der Waals surface area contributed by atoms with Crippen molar-refractivity contribution < 1.29 is 14.3 Å². The number of carbonyl (C=O) groups excluding carboxylic acids is 2. The molecular formula is C19H26N2O3. The first-order valence-corrected chi connectivity index (χ1v) is 8.76. The molecule has 2 aliphatic rings. The maximum Gasteiger partial charge on any atom is 0.325 e. The Hall–Kier alpha value is -2.04. The molecule has 1 N–H and O–H groups in total. The second-order valence-electron chi connectivity index (χ2n) is 7.22. The highest BCUT2D eigenvalue weighted by Gasteiger charge is 2.51. The van der Waals surface area contributed by atoms with Crippen molar-refractivity contribution >= 4 is 11.9 Å². The van der Waals surface area contributed by atoms with E-state index in [0.717, 1.165) is 42.6 Å². The number of urea groups is 1. The molecule has 0 atom stereocenters. The summed E-state index contributed by atoms with van der Waals surface area (Å²) in [6.07, 6.45) is 3.46. The Kier molecular flexibility index (Phi) is 4.52. The van der Waals surface area contributed by atoms with Gasteiger partial charge in [0.25, 0.3) is 5.91 Å². The van der Waals surface area contributed by atoms with Crippen molar-refractivity contribution in [1.29, 1.82) is 0 Å². The zero-order valence-corrected chi connectivity index (χ0v) is 14.7. The molecule has 3 amide bonds. The molecular weight excluding hydrogens is 304 g/mol. The number of hydrogen-bond acceptors (Lipinski definition) is 3. The molecule has 2 fully saturated rings. The van der Waals surface area contributed by atoms with Crippen molar-refractivity contribution in [3.05, 3.63) is 29.3 Å². The van der Waals surface area contributed by atoms with Crippen LogP contribution in [0, 0.1) is 19.8 Å². The van der Waals surface area contributed by atoms with Crippen LogP contribution in [0.5, 0.6) is 5.75 Å². The van der Waals surface area contributed by atoms with Crippen molar-refractivity contribution in [3.8, 4) is 5.75 Å². The second kappa shape index (κ2) is 6.46. The van der Waals surface area contributed by atoms with Crippen LogP contribution in [0.3, 0.4) is 0 Å². The average Bonchev–Trinajstić information content (AvgIpc) is 2.77. The van der Waals surface area contributed by atoms with Gasteiger partial charge in [-0.15, -0.1) is 0 Å². The average molecular weight is 330 g/mol. The lowest BCUT2D eigenvalue weighted by atomic mass is 9.77. The van der Waals surface area contributed by atoms with Crippen LogP contribution in [0.1, 0.15) is 43.7 Å². The Morgan fingerprint density at radius 2 is 1.83 bits per heavy atom. The molecule has 1 aliphatic carbocycles. The largest absolute Gasteiger partial charge is 0.491 e. The highest BCUT2D eigenvalue weighted by Crippen LogP contribution is 2.36. The first-order valence-electron chi connectivity index (χ1n) is 8.76. The first kappa shape index (κ1) is 16.8. The molecule has 24 heavy (non-hydrogen) atoms. The van der Waals surface area contributed by atoms with Crippen LogP contribution in [0.2, 0.25) is 0 Å². The standard InChI is InChI=1S/C19H26N2O3/c1-13-7-9-19(10-8-13)17(22)21(18(23)20-19)11-12-24-16-14(2)5-4-6-15(16)3/h4-6,13H,7-12H2,1-3H3,(H,20,23). The Balaban J connectivity index is 1.62. The molecule has 0 bridgehead atoms. The van der Waals surface area contributed by atoms with Crippen molar-refractivity contribution in [2.45, 2.75) is 52.0 Å². The number of nitrogens with one attached hydrogen (secondary N) is 1. The summed E-state index contributed by atoms with van der Waals surface area (Å²) in [7, 11) is 0. The Morgan fingerprint density at radius 3 is 2.46 bits per heavy atom. The highest BCUT2D eigenvalue weighted by molar-refractivity contribution is 6.07. The molecule has 1 spiro atoms. The van der Waals surface area contributed by atoms with Gasteiger partial charge in [0, 0.05) is 0 Å². The van der Waals surface area contributed by atoms with Crippen LogP contribution in [-0.4, -0.2) is 35.5 Å². The van der Waals surface area contributed by atoms with Gasteiger partial charge in [-0.05, 0) is 56.6 Å². The van der Waals surface area contributed by atoms with Gasteiger partial charge in [-0.1, -0.05) is 25.1 Å². The number of amides is 3. The summed E-state index contributed by atoms with van der Waals surface area (Å²) in [6, 6.07) is 5.70. The molecule has 5 heteroatoms. The maximum atomic E-state index is 12.8. The van der Waals surface area contributed by atoms with Crippen LogP contribution < -0.4 is 10.1 Å². The van der Waals surface area contributed by atoms with Gasteiger partial charge in [0.05, 0.1) is 6.54 Å². The van der Waals surface area contributed by atoms with Crippen LogP contribution in [0.15, 0.2) is 18.2 Å². The third kappa shape index (κ3) is 2.99. The normalized spacial score (nSPS) is 26.8. The summed E-state index contributed by atoms with van der Waals surface area (Å²) in [5.41, 5.74) is 1.46. The van der Waals surface area contributed by atoms with E-state index in [0.29, 0.717) is 12.5 Å². The first-order chi connectivity index (χ1) is 11.4. The molecule has 0 aromatic heterocycles. The van der Waals surface area contributed by atoms with E-state index in [-0.39, 0.29) is 18.5 Å². The van der Waals surface area contributed by atoms with Crippen molar-refractivity contribution in [2.75, 3.05) is 13.2 Å². The van der Waals surface area contributed by atoms with Crippen LogP contribution in [0.4, 0.5) is 4.79 Å². The molecule has 1 aromatic rings. The van der Waals surface area contributed by atoms with Crippen LogP contribution in [-0.2, 0) is 4.79 Å². The van der Waals surface area contributed by atoms with E-state index in [1.165, 1.54) is 4.90 Å². The second-order valence-corrected chi connectivity index (χ2v) is 7.22. The lowest BCUT2D eigenvalue weighted by molar-refractivity contribution is -0.132. The minimum absolute atomic E-state index is 0.0792. The fourth-order valence-electron chi connectivity index (χ4n) is 3.74. The zero-order chi connectivity index (χ0) is 17.3. The number of para-hydroxylation sites is 1. The van der Waals surface area contributed by atoms with Crippen molar-refractivity contribution in [2.24, 2.45) is 5.92 Å². The Morgan fingerprint density at radius 1 is 1.21 bits per heavy atom. The Bertz CT molecular complexity index is 628. The molecule has 0 unspecified atom stereocenters. The molecule has 5 nitrogen and oxygen atoms in total. The monoisotopic (exact) mass is 330 g/mol. The van der Waals surface area contributed by atoms with Crippen molar-refractivity contribution in [3.63, 3.8) is 0 Å². The predicted molar refractivity (Wildman–Crippen MR) is 92.0 cm³/mol. The third-order valence-electron chi connectivity index (χ3n) is 5.34. The summed E-state index contributed by atoms with van der Waals surface area (Å²) in [6.45, 7) is 6.79. The number of imide groups is 1. The Labute approximate surface area is 143 Å². The maximum absolute atomic E-state index is 12.8. The van der Waals surface area contributed by atoms with Gasteiger partial charge in [-0.3, -0.25) is 9.69 Å². The molecule has 130 valence electrons. The van der Waals surface area contributed by atoms with E-state index in [1.807, 2.05) is 32.0 Å². The molecule has 1 saturated carbocycles. The van der Waals surface area contributed by atoms with Gasteiger partial charge in [-0.2, -0.15) is 0 Å². The lowest BCUT2D eigenvalue weighted by Gasteiger charge is -2.33. The summed E-state index contributed by atoms with van der Waals surface area (Å²) in [5, 5.41) is 2.94. The quantitative estimate of drug-likeness (QED) is 0.863. The molecule has 1 saturated heterocycles. The minimum Gasteiger partial charge on any atom is -0.491 e. The SMILES string of the molecule is Cc1cccc(C)c1OCCN1C(=O)NC2(CCC(C)CC2)C1=O. The topological polar surface area (TPSA) is 58.6 Å². The van der Waals surface area contributed by atoms with E-state index in [1.54, 1.807) is 0 Å². The number of rotatable bonds is 4. The number of nitrogens with zero attached hydrogens (tertiary/aromatic N) is 1. The number of aryl methyl sites for hydroxylation is 2. The number of carbonyl (C=O) groups is 2. The van der Waals surface area contributed by atoms with Gasteiger partial charge in [-0.25, -0.2) is 4.79 Å². The van der Waals surface area contributed by atoms with E-state index in [4.69, 9.17) is 4.74 Å². The summed E-state index contributed by atoms with van der Waals surface area (Å²) < 4.78 is 5.85. The van der Waals surface area contributed by atoms with E-state index < -0.39 is 5.54 Å². The number of ether oxygens (including phenoxy) is 1. The minimum atomic E-state index is -0.665. The van der Waals surface area contributed by atoms with Crippen LogP contribution in [0.25, 0.3) is 0 Å². The molecule has 3 rings (SSSR count). The van der Waals surface area contributed by atoms with E-state index >= 15 is 0 Å². The van der Waals surface area contributed by atoms with Crippen LogP contribution >= 0.6 is 0 Å². The molecule has 0 radical (unpaired) electrons. The summed E-state index contributed by atoms with van der Waals surface area (Å²) >= 11 is 0. The zero-order valence-electron chi connectivity index (χ0n) is 14.7. The predicted octanol–water partition coefficient (Wildman–Crippen LogP) is 3.18. The summed E-state index contributed by atoms with van der Waals surface area (Å²) in [5.74, 6) is 1.39. The van der Waals surface area contributed by atoms with E-state index in [2.05, 4.69) is 12.2 Å². The molecule has 1 aromatic carbocycles. The van der Waals surface area contributed by atoms with Crippen molar-refractivity contribution in [1.82, 2.24) is 10.2 Å². The van der Waals surface area contributed by atoms with Gasteiger partial charge < -0.3 is 10.1 Å². The number of hydrogen-bond donors (Lipinski definition) is 1. The fraction of sp³-hybridized carbons (Fsp3) is 0.579. The fourth-order valence-corrected chi connectivity index (χ4v) is 3.74. The summed E-state index contributed by atoms with van der Waals surface area (Å²) in [4.78, 5) is 26.3. The molecule has 1 aliphatic heterocycles. The van der Waals surface area contributed by atoms with Gasteiger partial charge in [0.1, 0.15) is 17.9 Å². The smallest absolute Gasteiger partial charge is 0.325 e.